The molecule has 26 heavy (non-hydrogen) atoms. The second-order valence-corrected chi connectivity index (χ2v) is 7.59. The summed E-state index contributed by atoms with van der Waals surface area (Å²) in [4.78, 5) is 25.3. The third kappa shape index (κ3) is 4.97. The van der Waals surface area contributed by atoms with Crippen molar-refractivity contribution in [1.29, 1.82) is 0 Å². The number of primary amides is 1. The molecule has 1 atom stereocenters. The fourth-order valence-electron chi connectivity index (χ4n) is 3.99. The first-order chi connectivity index (χ1) is 12.5. The maximum Gasteiger partial charge on any atom is 0.315 e. The Kier molecular flexibility index (Phi) is 6.14. The van der Waals surface area contributed by atoms with Crippen molar-refractivity contribution < 1.29 is 9.59 Å². The van der Waals surface area contributed by atoms with Crippen LogP contribution in [0.25, 0.3) is 0 Å². The Labute approximate surface area is 155 Å². The van der Waals surface area contributed by atoms with Crippen LogP contribution < -0.4 is 16.4 Å². The Morgan fingerprint density at radius 1 is 1.19 bits per heavy atom. The van der Waals surface area contributed by atoms with Crippen LogP contribution in [0.2, 0.25) is 0 Å². The van der Waals surface area contributed by atoms with Crippen LogP contribution in [0, 0.1) is 0 Å². The molecule has 0 saturated carbocycles. The predicted molar refractivity (Wildman–Crippen MR) is 102 cm³/mol. The molecule has 0 radical (unpaired) electrons. The van der Waals surface area contributed by atoms with Crippen molar-refractivity contribution >= 4 is 11.9 Å². The van der Waals surface area contributed by atoms with Crippen molar-refractivity contribution in [2.75, 3.05) is 19.6 Å². The molecule has 0 bridgehead atoms. The highest BCUT2D eigenvalue weighted by atomic mass is 16.2. The van der Waals surface area contributed by atoms with Crippen molar-refractivity contribution in [1.82, 2.24) is 15.5 Å². The fraction of sp³-hybridized carbons (Fsp3) is 0.600. The molecule has 1 aromatic carbocycles. The Balaban J connectivity index is 1.47. The highest BCUT2D eigenvalue weighted by molar-refractivity contribution is 5.76. The minimum Gasteiger partial charge on any atom is -0.369 e. The van der Waals surface area contributed by atoms with Crippen LogP contribution in [-0.4, -0.2) is 42.5 Å². The number of carbonyl (C=O) groups is 2. The highest BCUT2D eigenvalue weighted by Gasteiger charge is 2.22. The summed E-state index contributed by atoms with van der Waals surface area (Å²) in [6.45, 7) is 3.90. The summed E-state index contributed by atoms with van der Waals surface area (Å²) in [5.41, 5.74) is 9.29. The molecular weight excluding hydrogens is 328 g/mol. The topological polar surface area (TPSA) is 87.5 Å². The second kappa shape index (κ2) is 8.54. The first-order valence-electron chi connectivity index (χ1n) is 9.70. The zero-order valence-corrected chi connectivity index (χ0v) is 15.6. The SMILES string of the molecule is CC(NC(=O)NC1CCN(CC(N)=O)CC1)c1ccc2c(c1)CCCC2. The van der Waals surface area contributed by atoms with Crippen LogP contribution in [-0.2, 0) is 17.6 Å². The average Bonchev–Trinajstić information content (AvgIpc) is 2.62. The van der Waals surface area contributed by atoms with Crippen molar-refractivity contribution in [2.45, 2.75) is 57.5 Å². The lowest BCUT2D eigenvalue weighted by molar-refractivity contribution is -0.119. The van der Waals surface area contributed by atoms with Gasteiger partial charge in [-0.2, -0.15) is 0 Å². The van der Waals surface area contributed by atoms with Gasteiger partial charge in [0.15, 0.2) is 0 Å². The lowest BCUT2D eigenvalue weighted by Gasteiger charge is -2.31. The largest absolute Gasteiger partial charge is 0.369 e. The molecule has 1 unspecified atom stereocenters. The molecule has 6 nitrogen and oxygen atoms in total. The van der Waals surface area contributed by atoms with E-state index in [-0.39, 0.29) is 24.0 Å². The van der Waals surface area contributed by atoms with Gasteiger partial charge in [-0.15, -0.1) is 0 Å². The summed E-state index contributed by atoms with van der Waals surface area (Å²) >= 11 is 0. The zero-order valence-electron chi connectivity index (χ0n) is 15.6. The van der Waals surface area contributed by atoms with Gasteiger partial charge >= 0.3 is 6.03 Å². The molecule has 2 aliphatic rings. The van der Waals surface area contributed by atoms with Crippen molar-refractivity contribution in [3.63, 3.8) is 0 Å². The molecule has 1 heterocycles. The van der Waals surface area contributed by atoms with E-state index in [0.717, 1.165) is 37.9 Å². The zero-order chi connectivity index (χ0) is 18.5. The Bertz CT molecular complexity index is 653. The van der Waals surface area contributed by atoms with Gasteiger partial charge in [-0.3, -0.25) is 9.69 Å². The average molecular weight is 358 g/mol. The van der Waals surface area contributed by atoms with E-state index in [2.05, 4.69) is 28.8 Å². The minimum atomic E-state index is -0.298. The summed E-state index contributed by atoms with van der Waals surface area (Å²) < 4.78 is 0. The number of urea groups is 1. The lowest BCUT2D eigenvalue weighted by Crippen LogP contribution is -2.49. The number of nitrogens with one attached hydrogen (secondary N) is 2. The van der Waals surface area contributed by atoms with E-state index in [1.165, 1.54) is 30.4 Å². The van der Waals surface area contributed by atoms with Gasteiger partial charge in [-0.05, 0) is 62.1 Å². The fourth-order valence-corrected chi connectivity index (χ4v) is 3.99. The van der Waals surface area contributed by atoms with Crippen LogP contribution in [0.1, 0.15) is 55.3 Å². The number of hydrogen-bond acceptors (Lipinski definition) is 3. The quantitative estimate of drug-likeness (QED) is 0.751. The third-order valence-corrected chi connectivity index (χ3v) is 5.52. The van der Waals surface area contributed by atoms with Crippen LogP contribution in [0.15, 0.2) is 18.2 Å². The minimum absolute atomic E-state index is 0.0165. The number of aryl methyl sites for hydroxylation is 2. The number of piperidine rings is 1. The number of rotatable bonds is 5. The molecule has 0 aromatic heterocycles. The molecule has 0 spiro atoms. The standard InChI is InChI=1S/C20H30N4O2/c1-14(16-7-6-15-4-2-3-5-17(15)12-16)22-20(26)23-18-8-10-24(11-9-18)13-19(21)25/h6-7,12,14,18H,2-5,8-11,13H2,1H3,(H2,21,25)(H2,22,23,26). The Hall–Kier alpha value is -2.08. The van der Waals surface area contributed by atoms with Gasteiger partial charge in [0.25, 0.3) is 0 Å². The molecule has 1 aromatic rings. The van der Waals surface area contributed by atoms with Crippen LogP contribution in [0.3, 0.4) is 0 Å². The number of carbonyl (C=O) groups excluding carboxylic acids is 2. The van der Waals surface area contributed by atoms with E-state index in [9.17, 15) is 9.59 Å². The van der Waals surface area contributed by atoms with E-state index >= 15 is 0 Å². The maximum absolute atomic E-state index is 12.3. The van der Waals surface area contributed by atoms with Crippen molar-refractivity contribution in [3.8, 4) is 0 Å². The molecule has 1 aliphatic heterocycles. The van der Waals surface area contributed by atoms with Crippen LogP contribution >= 0.6 is 0 Å². The van der Waals surface area contributed by atoms with Gasteiger partial charge in [0, 0.05) is 19.1 Å². The summed E-state index contributed by atoms with van der Waals surface area (Å²) in [6.07, 6.45) is 6.54. The number of hydrogen-bond donors (Lipinski definition) is 3. The van der Waals surface area contributed by atoms with E-state index in [4.69, 9.17) is 5.73 Å². The molecule has 6 heteroatoms. The van der Waals surface area contributed by atoms with Gasteiger partial charge in [-0.25, -0.2) is 4.79 Å². The van der Waals surface area contributed by atoms with Crippen molar-refractivity contribution in [2.24, 2.45) is 5.73 Å². The van der Waals surface area contributed by atoms with Gasteiger partial charge in [0.05, 0.1) is 12.6 Å². The number of likely N-dealkylation sites (tertiary alicyclic amines) is 1. The first kappa shape index (κ1) is 18.7. The monoisotopic (exact) mass is 358 g/mol. The molecule has 1 aliphatic carbocycles. The first-order valence-corrected chi connectivity index (χ1v) is 9.70. The molecule has 1 saturated heterocycles. The Morgan fingerprint density at radius 3 is 2.58 bits per heavy atom. The van der Waals surface area contributed by atoms with E-state index < -0.39 is 0 Å². The smallest absolute Gasteiger partial charge is 0.315 e. The van der Waals surface area contributed by atoms with E-state index in [0.29, 0.717) is 6.54 Å². The normalized spacial score (nSPS) is 19.4. The Morgan fingerprint density at radius 2 is 1.88 bits per heavy atom. The summed E-state index contributed by atoms with van der Waals surface area (Å²) in [7, 11) is 0. The van der Waals surface area contributed by atoms with Crippen LogP contribution in [0.4, 0.5) is 4.79 Å². The highest BCUT2D eigenvalue weighted by Crippen LogP contribution is 2.24. The maximum atomic E-state index is 12.3. The number of nitrogens with zero attached hydrogens (tertiary/aromatic N) is 1. The predicted octanol–water partition coefficient (Wildman–Crippen LogP) is 1.88. The third-order valence-electron chi connectivity index (χ3n) is 5.52. The van der Waals surface area contributed by atoms with E-state index in [1.54, 1.807) is 0 Å². The molecular formula is C20H30N4O2. The van der Waals surface area contributed by atoms with Crippen LogP contribution in [0.5, 0.6) is 0 Å². The second-order valence-electron chi connectivity index (χ2n) is 7.59. The molecule has 3 rings (SSSR count). The number of amides is 3. The molecule has 4 N–H and O–H groups in total. The molecule has 3 amide bonds. The lowest BCUT2D eigenvalue weighted by atomic mass is 9.89. The van der Waals surface area contributed by atoms with Gasteiger partial charge in [0.1, 0.15) is 0 Å². The summed E-state index contributed by atoms with van der Waals surface area (Å²) in [5.74, 6) is -0.298. The summed E-state index contributed by atoms with van der Waals surface area (Å²) in [6, 6.07) is 6.61. The van der Waals surface area contributed by atoms with Crippen molar-refractivity contribution in [3.05, 3.63) is 34.9 Å². The van der Waals surface area contributed by atoms with Gasteiger partial charge in [-0.1, -0.05) is 18.2 Å². The molecule has 1 fully saturated rings. The summed E-state index contributed by atoms with van der Waals surface area (Å²) in [5, 5.41) is 6.12. The number of nitrogens with two attached hydrogens (primary N) is 1. The van der Waals surface area contributed by atoms with Gasteiger partial charge < -0.3 is 16.4 Å². The van der Waals surface area contributed by atoms with E-state index in [1.807, 2.05) is 11.8 Å². The number of fused-ring (bicyclic) bond motifs is 1. The number of benzene rings is 1. The van der Waals surface area contributed by atoms with Gasteiger partial charge in [0.2, 0.25) is 5.91 Å². The molecule has 142 valence electrons.